The fraction of sp³-hybridized carbons (Fsp3) is 0.714. The topological polar surface area (TPSA) is 40.6 Å². The lowest BCUT2D eigenvalue weighted by molar-refractivity contribution is -0.122. The Hall–Kier alpha value is -0.843. The van der Waals surface area contributed by atoms with Crippen molar-refractivity contribution >= 4 is 20.2 Å². The second-order valence-corrected chi connectivity index (χ2v) is 8.83. The van der Waals surface area contributed by atoms with Crippen molar-refractivity contribution in [3.63, 3.8) is 0 Å². The molecule has 0 aliphatic carbocycles. The van der Waals surface area contributed by atoms with Crippen molar-refractivity contribution in [1.29, 1.82) is 0 Å². The summed E-state index contributed by atoms with van der Waals surface area (Å²) in [5.74, 6) is -0.0540. The monoisotopic (exact) mass is 186 g/mol. The predicted octanol–water partition coefficient (Wildman–Crippen LogP) is 0.715. The molecule has 1 rings (SSSR count). The minimum atomic E-state index is -1.80. The number of amides is 3. The van der Waals surface area contributed by atoms with Crippen LogP contribution in [0.3, 0.4) is 0 Å². The molecule has 1 heterocycles. The van der Waals surface area contributed by atoms with E-state index >= 15 is 0 Å². The van der Waals surface area contributed by atoms with Gasteiger partial charge < -0.3 is 4.90 Å². The number of carbonyl (C=O) groups is 2. The minimum Gasteiger partial charge on any atom is -0.319 e. The highest BCUT2D eigenvalue weighted by molar-refractivity contribution is 6.78. The molecule has 0 aromatic heterocycles. The van der Waals surface area contributed by atoms with Crippen LogP contribution >= 0.6 is 0 Å². The zero-order chi connectivity index (χ0) is 9.52. The second-order valence-electron chi connectivity index (χ2n) is 4.04. The number of urea groups is 1. The molecule has 0 bridgehead atoms. The number of hydrogen-bond acceptors (Lipinski definition) is 2. The molecule has 1 aliphatic heterocycles. The van der Waals surface area contributed by atoms with Crippen molar-refractivity contribution in [2.24, 2.45) is 0 Å². The van der Waals surface area contributed by atoms with Crippen LogP contribution < -0.4 is 0 Å². The molecule has 1 saturated heterocycles. The van der Waals surface area contributed by atoms with E-state index in [0.717, 1.165) is 0 Å². The van der Waals surface area contributed by atoms with Gasteiger partial charge in [-0.3, -0.25) is 9.36 Å². The van der Waals surface area contributed by atoms with Crippen LogP contribution in [0.15, 0.2) is 0 Å². The molecule has 0 unspecified atom stereocenters. The molecule has 0 saturated carbocycles. The molecule has 1 fully saturated rings. The van der Waals surface area contributed by atoms with Crippen LogP contribution in [0.4, 0.5) is 4.79 Å². The number of nitrogens with zero attached hydrogens (tertiary/aromatic N) is 2. The summed E-state index contributed by atoms with van der Waals surface area (Å²) in [5, 5.41) is 0. The molecular formula is C7H14N2O2Si. The SMILES string of the molecule is CN1CC(=O)N([Si](C)(C)C)C1=O. The lowest BCUT2D eigenvalue weighted by Crippen LogP contribution is -2.50. The van der Waals surface area contributed by atoms with E-state index in [2.05, 4.69) is 0 Å². The fourth-order valence-corrected chi connectivity index (χ4v) is 2.84. The molecule has 0 radical (unpaired) electrons. The third-order valence-corrected chi connectivity index (χ3v) is 3.59. The Bertz CT molecular complexity index is 234. The minimum absolute atomic E-state index is 0.0540. The Labute approximate surface area is 73.2 Å². The van der Waals surface area contributed by atoms with E-state index in [4.69, 9.17) is 0 Å². The molecule has 5 heteroatoms. The van der Waals surface area contributed by atoms with E-state index in [1.165, 1.54) is 9.47 Å². The molecule has 0 aromatic carbocycles. The van der Waals surface area contributed by atoms with E-state index in [-0.39, 0.29) is 18.5 Å². The largest absolute Gasteiger partial charge is 0.319 e. The number of hydrogen-bond donors (Lipinski definition) is 0. The summed E-state index contributed by atoms with van der Waals surface area (Å²) in [6.07, 6.45) is 0. The van der Waals surface area contributed by atoms with Crippen LogP contribution in [0.1, 0.15) is 0 Å². The molecule has 3 amide bonds. The highest BCUT2D eigenvalue weighted by atomic mass is 28.3. The summed E-state index contributed by atoms with van der Waals surface area (Å²) >= 11 is 0. The van der Waals surface area contributed by atoms with Crippen LogP contribution in [-0.4, -0.2) is 43.2 Å². The quantitative estimate of drug-likeness (QED) is 0.447. The second kappa shape index (κ2) is 2.58. The maximum absolute atomic E-state index is 11.4. The molecule has 1 aliphatic rings. The fourth-order valence-electron chi connectivity index (χ4n) is 1.28. The van der Waals surface area contributed by atoms with Crippen molar-refractivity contribution < 1.29 is 9.59 Å². The van der Waals surface area contributed by atoms with Crippen molar-refractivity contribution in [3.8, 4) is 0 Å². The van der Waals surface area contributed by atoms with E-state index in [1.807, 2.05) is 19.6 Å². The average molecular weight is 186 g/mol. The van der Waals surface area contributed by atoms with Gasteiger partial charge in [0.1, 0.15) is 6.54 Å². The van der Waals surface area contributed by atoms with Gasteiger partial charge in [-0.15, -0.1) is 0 Å². The van der Waals surface area contributed by atoms with E-state index in [1.54, 1.807) is 7.05 Å². The van der Waals surface area contributed by atoms with Crippen molar-refractivity contribution in [3.05, 3.63) is 0 Å². The summed E-state index contributed by atoms with van der Waals surface area (Å²) in [6.45, 7) is 6.20. The van der Waals surface area contributed by atoms with Crippen molar-refractivity contribution in [2.45, 2.75) is 19.6 Å². The van der Waals surface area contributed by atoms with Crippen LogP contribution in [0.5, 0.6) is 0 Å². The first-order valence-corrected chi connectivity index (χ1v) is 7.37. The standard InChI is InChI=1S/C7H14N2O2Si/c1-8-5-6(10)9(7(8)11)12(2,3)4/h5H2,1-4H3. The predicted molar refractivity (Wildman–Crippen MR) is 48.2 cm³/mol. The third kappa shape index (κ3) is 1.36. The smallest absolute Gasteiger partial charge is 0.318 e. The van der Waals surface area contributed by atoms with Crippen molar-refractivity contribution in [1.82, 2.24) is 9.47 Å². The van der Waals surface area contributed by atoms with Gasteiger partial charge in [0, 0.05) is 7.05 Å². The van der Waals surface area contributed by atoms with Gasteiger partial charge in [0.05, 0.1) is 0 Å². The number of rotatable bonds is 1. The van der Waals surface area contributed by atoms with E-state index < -0.39 is 8.24 Å². The number of carbonyl (C=O) groups excluding carboxylic acids is 2. The molecule has 4 nitrogen and oxygen atoms in total. The van der Waals surface area contributed by atoms with Gasteiger partial charge in [0.15, 0.2) is 8.24 Å². The summed E-state index contributed by atoms with van der Waals surface area (Å²) in [7, 11) is -0.146. The van der Waals surface area contributed by atoms with Gasteiger partial charge in [0.2, 0.25) is 5.91 Å². The lowest BCUT2D eigenvalue weighted by Gasteiger charge is -2.26. The van der Waals surface area contributed by atoms with Gasteiger partial charge in [-0.2, -0.15) is 0 Å². The summed E-state index contributed by atoms with van der Waals surface area (Å²) in [5.41, 5.74) is 0. The average Bonchev–Trinajstić information content (AvgIpc) is 2.05. The first kappa shape index (κ1) is 9.25. The molecular weight excluding hydrogens is 172 g/mol. The third-order valence-electron chi connectivity index (χ3n) is 1.81. The zero-order valence-corrected chi connectivity index (χ0v) is 8.92. The zero-order valence-electron chi connectivity index (χ0n) is 7.92. The maximum atomic E-state index is 11.4. The Morgan fingerprint density at radius 1 is 1.25 bits per heavy atom. The Morgan fingerprint density at radius 3 is 1.92 bits per heavy atom. The van der Waals surface area contributed by atoms with Crippen LogP contribution in [0, 0.1) is 0 Å². The van der Waals surface area contributed by atoms with Crippen molar-refractivity contribution in [2.75, 3.05) is 13.6 Å². The van der Waals surface area contributed by atoms with Gasteiger partial charge in [0.25, 0.3) is 0 Å². The molecule has 0 spiro atoms. The summed E-state index contributed by atoms with van der Waals surface area (Å²) < 4.78 is 1.44. The van der Waals surface area contributed by atoms with E-state index in [9.17, 15) is 9.59 Å². The number of imide groups is 1. The van der Waals surface area contributed by atoms with Gasteiger partial charge >= 0.3 is 6.03 Å². The van der Waals surface area contributed by atoms with Crippen LogP contribution in [0.25, 0.3) is 0 Å². The first-order valence-electron chi connectivity index (χ1n) is 3.92. The molecule has 12 heavy (non-hydrogen) atoms. The van der Waals surface area contributed by atoms with Crippen LogP contribution in [-0.2, 0) is 4.79 Å². The Kier molecular flexibility index (Phi) is 1.99. The van der Waals surface area contributed by atoms with E-state index in [0.29, 0.717) is 0 Å². The molecule has 68 valence electrons. The molecule has 0 atom stereocenters. The number of likely N-dealkylation sites (N-methyl/N-ethyl adjacent to an activating group) is 1. The first-order chi connectivity index (χ1) is 5.34. The maximum Gasteiger partial charge on any atom is 0.318 e. The van der Waals surface area contributed by atoms with Crippen LogP contribution in [0.2, 0.25) is 19.6 Å². The van der Waals surface area contributed by atoms with Gasteiger partial charge in [-0.25, -0.2) is 4.79 Å². The summed E-state index contributed by atoms with van der Waals surface area (Å²) in [4.78, 5) is 24.2. The van der Waals surface area contributed by atoms with Gasteiger partial charge in [-0.1, -0.05) is 19.6 Å². The summed E-state index contributed by atoms with van der Waals surface area (Å²) in [6, 6.07) is -0.140. The normalized spacial score (nSPS) is 19.3. The Balaban J connectivity index is 2.92. The molecule has 0 N–H and O–H groups in total. The highest BCUT2D eigenvalue weighted by Gasteiger charge is 2.41. The molecule has 0 aromatic rings. The highest BCUT2D eigenvalue weighted by Crippen LogP contribution is 2.17. The Morgan fingerprint density at radius 2 is 1.75 bits per heavy atom. The lowest BCUT2D eigenvalue weighted by atomic mass is 10.6. The van der Waals surface area contributed by atoms with Gasteiger partial charge in [-0.05, 0) is 0 Å².